The molecule has 1 unspecified atom stereocenters. The molecule has 1 N–H and O–H groups in total. The normalized spacial score (nSPS) is 17.6. The molecule has 0 saturated carbocycles. The zero-order valence-electron chi connectivity index (χ0n) is 10.6. The summed E-state index contributed by atoms with van der Waals surface area (Å²) in [5.74, 6) is -1.51. The number of hydrogen-bond acceptors (Lipinski definition) is 2. The lowest BCUT2D eigenvalue weighted by molar-refractivity contribution is -0.137. The van der Waals surface area contributed by atoms with Crippen molar-refractivity contribution in [1.82, 2.24) is 4.90 Å². The first kappa shape index (κ1) is 14.5. The zero-order valence-corrected chi connectivity index (χ0v) is 12.2. The lowest BCUT2D eigenvalue weighted by atomic mass is 9.94. The molecule has 3 nitrogen and oxygen atoms in total. The molecule has 0 radical (unpaired) electrons. The van der Waals surface area contributed by atoms with Gasteiger partial charge in [-0.2, -0.15) is 0 Å². The van der Waals surface area contributed by atoms with Crippen LogP contribution in [0.15, 0.2) is 22.7 Å². The Labute approximate surface area is 120 Å². The van der Waals surface area contributed by atoms with E-state index >= 15 is 0 Å². The van der Waals surface area contributed by atoms with Crippen molar-refractivity contribution in [3.8, 4) is 0 Å². The van der Waals surface area contributed by atoms with E-state index in [4.69, 9.17) is 5.11 Å². The molecule has 0 aromatic heterocycles. The van der Waals surface area contributed by atoms with E-state index in [1.54, 1.807) is 12.1 Å². The fraction of sp³-hybridized carbons (Fsp3) is 0.500. The third kappa shape index (κ3) is 4.01. The number of benzene rings is 1. The summed E-state index contributed by atoms with van der Waals surface area (Å²) in [6.45, 7) is 2.57. The second kappa shape index (κ2) is 6.48. The predicted molar refractivity (Wildman–Crippen MR) is 74.8 cm³/mol. The molecule has 19 heavy (non-hydrogen) atoms. The van der Waals surface area contributed by atoms with E-state index in [1.165, 1.54) is 6.07 Å². The molecular weight excluding hydrogens is 313 g/mol. The molecular formula is C14H17BrFNO2. The third-order valence-electron chi connectivity index (χ3n) is 3.50. The fourth-order valence-electron chi connectivity index (χ4n) is 2.59. The van der Waals surface area contributed by atoms with Crippen LogP contribution < -0.4 is 0 Å². The Morgan fingerprint density at radius 3 is 2.74 bits per heavy atom. The van der Waals surface area contributed by atoms with Crippen LogP contribution >= 0.6 is 15.9 Å². The topological polar surface area (TPSA) is 40.5 Å². The lowest BCUT2D eigenvalue weighted by Gasteiger charge is -2.23. The maximum Gasteiger partial charge on any atom is 0.304 e. The molecule has 1 aliphatic heterocycles. The van der Waals surface area contributed by atoms with Crippen LogP contribution in [0.4, 0.5) is 4.39 Å². The summed E-state index contributed by atoms with van der Waals surface area (Å²) in [6, 6.07) is 4.71. The van der Waals surface area contributed by atoms with Crippen molar-refractivity contribution in [3.05, 3.63) is 34.1 Å². The maximum atomic E-state index is 13.9. The summed E-state index contributed by atoms with van der Waals surface area (Å²) < 4.78 is 14.7. The minimum Gasteiger partial charge on any atom is -0.481 e. The van der Waals surface area contributed by atoms with Gasteiger partial charge in [-0.25, -0.2) is 4.39 Å². The van der Waals surface area contributed by atoms with Gasteiger partial charge in [0, 0.05) is 16.9 Å². The number of aliphatic carboxylic acids is 1. The van der Waals surface area contributed by atoms with E-state index < -0.39 is 5.97 Å². The van der Waals surface area contributed by atoms with Gasteiger partial charge in [-0.05, 0) is 49.7 Å². The Bertz CT molecular complexity index is 461. The number of nitrogens with zero attached hydrogens (tertiary/aromatic N) is 1. The van der Waals surface area contributed by atoms with Gasteiger partial charge >= 0.3 is 5.97 Å². The first-order valence-corrected chi connectivity index (χ1v) is 7.24. The van der Waals surface area contributed by atoms with E-state index in [9.17, 15) is 9.18 Å². The van der Waals surface area contributed by atoms with Gasteiger partial charge in [-0.1, -0.05) is 15.9 Å². The van der Waals surface area contributed by atoms with Gasteiger partial charge in [-0.3, -0.25) is 4.79 Å². The third-order valence-corrected chi connectivity index (χ3v) is 3.99. The summed E-state index contributed by atoms with van der Waals surface area (Å²) in [5.41, 5.74) is 0.490. The van der Waals surface area contributed by atoms with Crippen molar-refractivity contribution in [2.75, 3.05) is 19.6 Å². The molecule has 1 atom stereocenters. The van der Waals surface area contributed by atoms with E-state index in [0.717, 1.165) is 30.4 Å². The molecule has 0 amide bonds. The number of carbonyl (C=O) groups is 1. The highest BCUT2D eigenvalue weighted by Gasteiger charge is 2.23. The minimum atomic E-state index is -0.886. The van der Waals surface area contributed by atoms with Gasteiger partial charge in [0.2, 0.25) is 0 Å². The monoisotopic (exact) mass is 329 g/mol. The van der Waals surface area contributed by atoms with Crippen LogP contribution in [-0.2, 0) is 4.79 Å². The Kier molecular flexibility index (Phi) is 4.93. The van der Waals surface area contributed by atoms with Crippen molar-refractivity contribution >= 4 is 21.9 Å². The molecule has 0 aliphatic carbocycles. The standard InChI is InChI=1S/C14H17BrFNO2/c15-11-3-4-13(16)12(8-11)10(7-14(18)19)9-17-5-1-2-6-17/h3-4,8,10H,1-2,5-7,9H2,(H,18,19). The molecule has 5 heteroatoms. The van der Waals surface area contributed by atoms with E-state index in [2.05, 4.69) is 20.8 Å². The van der Waals surface area contributed by atoms with Crippen LogP contribution in [0.25, 0.3) is 0 Å². The Morgan fingerprint density at radius 2 is 2.11 bits per heavy atom. The number of halogens is 2. The molecule has 2 rings (SSSR count). The first-order chi connectivity index (χ1) is 9.06. The average molecular weight is 330 g/mol. The molecule has 1 heterocycles. The zero-order chi connectivity index (χ0) is 13.8. The Morgan fingerprint density at radius 1 is 1.42 bits per heavy atom. The highest BCUT2D eigenvalue weighted by molar-refractivity contribution is 9.10. The fourth-order valence-corrected chi connectivity index (χ4v) is 2.97. The summed E-state index contributed by atoms with van der Waals surface area (Å²) in [7, 11) is 0. The van der Waals surface area contributed by atoms with Gasteiger partial charge in [0.1, 0.15) is 5.82 Å². The van der Waals surface area contributed by atoms with E-state index in [0.29, 0.717) is 12.1 Å². The van der Waals surface area contributed by atoms with Crippen molar-refractivity contribution in [3.63, 3.8) is 0 Å². The quantitative estimate of drug-likeness (QED) is 0.901. The molecule has 0 spiro atoms. The van der Waals surface area contributed by atoms with Crippen LogP contribution in [0, 0.1) is 5.82 Å². The van der Waals surface area contributed by atoms with Crippen LogP contribution in [0.5, 0.6) is 0 Å². The number of likely N-dealkylation sites (tertiary alicyclic amines) is 1. The van der Waals surface area contributed by atoms with Crippen LogP contribution in [0.2, 0.25) is 0 Å². The molecule has 1 aromatic rings. The number of hydrogen-bond donors (Lipinski definition) is 1. The maximum absolute atomic E-state index is 13.9. The van der Waals surface area contributed by atoms with Gasteiger partial charge < -0.3 is 10.0 Å². The highest BCUT2D eigenvalue weighted by Crippen LogP contribution is 2.28. The Balaban J connectivity index is 2.19. The van der Waals surface area contributed by atoms with E-state index in [1.807, 2.05) is 0 Å². The van der Waals surface area contributed by atoms with Crippen LogP contribution in [0.1, 0.15) is 30.7 Å². The van der Waals surface area contributed by atoms with Crippen molar-refractivity contribution in [1.29, 1.82) is 0 Å². The van der Waals surface area contributed by atoms with E-state index in [-0.39, 0.29) is 18.2 Å². The molecule has 0 bridgehead atoms. The molecule has 1 aliphatic rings. The molecule has 1 aromatic carbocycles. The van der Waals surface area contributed by atoms with Crippen molar-refractivity contribution < 1.29 is 14.3 Å². The van der Waals surface area contributed by atoms with Crippen molar-refractivity contribution in [2.45, 2.75) is 25.2 Å². The largest absolute Gasteiger partial charge is 0.481 e. The summed E-state index contributed by atoms with van der Waals surface area (Å²) in [6.07, 6.45) is 2.24. The molecule has 1 saturated heterocycles. The predicted octanol–water partition coefficient (Wildman–Crippen LogP) is 3.24. The SMILES string of the molecule is O=C(O)CC(CN1CCCC1)c1cc(Br)ccc1F. The van der Waals surface area contributed by atoms with Crippen LogP contribution in [-0.4, -0.2) is 35.6 Å². The molecule has 104 valence electrons. The number of carboxylic acids is 1. The summed E-state index contributed by atoms with van der Waals surface area (Å²) >= 11 is 3.32. The number of rotatable bonds is 5. The summed E-state index contributed by atoms with van der Waals surface area (Å²) in [4.78, 5) is 13.2. The lowest BCUT2D eigenvalue weighted by Crippen LogP contribution is -2.27. The highest BCUT2D eigenvalue weighted by atomic mass is 79.9. The minimum absolute atomic E-state index is 0.0378. The Hall–Kier alpha value is -0.940. The van der Waals surface area contributed by atoms with Gasteiger partial charge in [0.25, 0.3) is 0 Å². The van der Waals surface area contributed by atoms with Gasteiger partial charge in [0.05, 0.1) is 6.42 Å². The van der Waals surface area contributed by atoms with Crippen molar-refractivity contribution in [2.24, 2.45) is 0 Å². The second-order valence-corrected chi connectivity index (χ2v) is 5.88. The van der Waals surface area contributed by atoms with Gasteiger partial charge in [0.15, 0.2) is 0 Å². The second-order valence-electron chi connectivity index (χ2n) is 4.97. The van der Waals surface area contributed by atoms with Gasteiger partial charge in [-0.15, -0.1) is 0 Å². The molecule has 1 fully saturated rings. The smallest absolute Gasteiger partial charge is 0.304 e. The van der Waals surface area contributed by atoms with Crippen LogP contribution in [0.3, 0.4) is 0 Å². The average Bonchev–Trinajstić information content (AvgIpc) is 2.84. The summed E-state index contributed by atoms with van der Waals surface area (Å²) in [5, 5.41) is 9.03. The number of carboxylic acid groups (broad SMARTS) is 1. The first-order valence-electron chi connectivity index (χ1n) is 6.45.